The quantitative estimate of drug-likeness (QED) is 0.535. The Morgan fingerprint density at radius 3 is 2.55 bits per heavy atom. The van der Waals surface area contributed by atoms with Gasteiger partial charge >= 0.3 is 0 Å². The highest BCUT2D eigenvalue weighted by Gasteiger charge is 2.22. The number of aromatic nitrogens is 4. The summed E-state index contributed by atoms with van der Waals surface area (Å²) in [6.07, 6.45) is 0. The van der Waals surface area contributed by atoms with Crippen LogP contribution in [0.4, 0.5) is 13.9 Å². The summed E-state index contributed by atoms with van der Waals surface area (Å²) in [4.78, 5) is 12.8. The molecule has 0 fully saturated rings. The van der Waals surface area contributed by atoms with E-state index in [2.05, 4.69) is 20.6 Å². The van der Waals surface area contributed by atoms with Crippen molar-refractivity contribution >= 4 is 22.4 Å². The first-order valence-corrected chi connectivity index (χ1v) is 9.47. The Morgan fingerprint density at radius 1 is 1.07 bits per heavy atom. The molecule has 0 radical (unpaired) electrons. The van der Waals surface area contributed by atoms with Gasteiger partial charge < -0.3 is 0 Å². The number of hydrogen-bond acceptors (Lipinski definition) is 5. The summed E-state index contributed by atoms with van der Waals surface area (Å²) in [5, 5.41) is 16.1. The van der Waals surface area contributed by atoms with Gasteiger partial charge in [0, 0.05) is 11.6 Å². The van der Waals surface area contributed by atoms with Gasteiger partial charge in [0.15, 0.2) is 5.82 Å². The zero-order valence-electron chi connectivity index (χ0n) is 15.5. The molecule has 2 aromatic heterocycles. The van der Waals surface area contributed by atoms with Gasteiger partial charge in [-0.1, -0.05) is 41.7 Å². The third-order valence-electron chi connectivity index (χ3n) is 4.32. The highest BCUT2D eigenvalue weighted by atomic mass is 32.1. The Balaban J connectivity index is 1.62. The largest absolute Gasteiger partial charge is 0.296 e. The highest BCUT2D eigenvalue weighted by molar-refractivity contribution is 7.18. The van der Waals surface area contributed by atoms with E-state index in [4.69, 9.17) is 0 Å². The SMILES string of the molecule is Cc1nn(-c2ccc(F)cc2F)c(C)c1C(=O)Nc1nnc(-c2ccccc2)s1. The molecular formula is C20H15F2N5OS. The molecule has 1 N–H and O–H groups in total. The second-order valence-corrected chi connectivity index (χ2v) is 7.26. The normalized spacial score (nSPS) is 10.9. The van der Waals surface area contributed by atoms with Crippen LogP contribution >= 0.6 is 11.3 Å². The van der Waals surface area contributed by atoms with Crippen LogP contribution in [0.5, 0.6) is 0 Å². The van der Waals surface area contributed by atoms with Crippen molar-refractivity contribution in [1.82, 2.24) is 20.0 Å². The topological polar surface area (TPSA) is 72.7 Å². The molecule has 4 rings (SSSR count). The van der Waals surface area contributed by atoms with E-state index >= 15 is 0 Å². The summed E-state index contributed by atoms with van der Waals surface area (Å²) in [7, 11) is 0. The van der Waals surface area contributed by atoms with Crippen LogP contribution in [0, 0.1) is 25.5 Å². The fourth-order valence-electron chi connectivity index (χ4n) is 2.99. The first-order valence-electron chi connectivity index (χ1n) is 8.66. The van der Waals surface area contributed by atoms with E-state index < -0.39 is 17.5 Å². The van der Waals surface area contributed by atoms with E-state index in [0.717, 1.165) is 17.7 Å². The Hall–Kier alpha value is -3.46. The van der Waals surface area contributed by atoms with E-state index in [1.807, 2.05) is 30.3 Å². The van der Waals surface area contributed by atoms with Crippen molar-refractivity contribution in [2.45, 2.75) is 13.8 Å². The maximum absolute atomic E-state index is 14.2. The van der Waals surface area contributed by atoms with E-state index in [1.54, 1.807) is 13.8 Å². The second kappa shape index (κ2) is 7.51. The lowest BCUT2D eigenvalue weighted by atomic mass is 10.2. The molecule has 0 saturated carbocycles. The Morgan fingerprint density at radius 2 is 1.83 bits per heavy atom. The third-order valence-corrected chi connectivity index (χ3v) is 5.21. The van der Waals surface area contributed by atoms with E-state index in [-0.39, 0.29) is 5.69 Å². The molecule has 146 valence electrons. The average molecular weight is 411 g/mol. The number of rotatable bonds is 4. The number of anilines is 1. The summed E-state index contributed by atoms with van der Waals surface area (Å²) in [6, 6.07) is 12.7. The van der Waals surface area contributed by atoms with Gasteiger partial charge in [-0.05, 0) is 26.0 Å². The zero-order valence-corrected chi connectivity index (χ0v) is 16.3. The summed E-state index contributed by atoms with van der Waals surface area (Å²) >= 11 is 1.24. The minimum absolute atomic E-state index is 0.0633. The molecular weight excluding hydrogens is 396 g/mol. The summed E-state index contributed by atoms with van der Waals surface area (Å²) in [5.41, 5.74) is 2.10. The Labute approximate surface area is 168 Å². The van der Waals surface area contributed by atoms with Crippen LogP contribution in [0.25, 0.3) is 16.3 Å². The van der Waals surface area contributed by atoms with Gasteiger partial charge in [-0.3, -0.25) is 10.1 Å². The van der Waals surface area contributed by atoms with Crippen LogP contribution in [-0.2, 0) is 0 Å². The third kappa shape index (κ3) is 3.64. The number of nitrogens with zero attached hydrogens (tertiary/aromatic N) is 4. The number of nitrogens with one attached hydrogen (secondary N) is 1. The number of aryl methyl sites for hydroxylation is 1. The van der Waals surface area contributed by atoms with Gasteiger partial charge in [0.2, 0.25) is 5.13 Å². The Bertz CT molecular complexity index is 1200. The maximum Gasteiger partial charge on any atom is 0.261 e. The number of benzene rings is 2. The first kappa shape index (κ1) is 18.9. The van der Waals surface area contributed by atoms with Crippen molar-refractivity contribution in [3.63, 3.8) is 0 Å². The molecule has 6 nitrogen and oxygen atoms in total. The van der Waals surface area contributed by atoms with E-state index in [0.29, 0.717) is 27.1 Å². The van der Waals surface area contributed by atoms with Crippen molar-refractivity contribution in [2.75, 3.05) is 5.32 Å². The van der Waals surface area contributed by atoms with Gasteiger partial charge in [0.05, 0.1) is 17.0 Å². The molecule has 0 bridgehead atoms. The number of carbonyl (C=O) groups excluding carboxylic acids is 1. The average Bonchev–Trinajstić information content (AvgIpc) is 3.27. The smallest absolute Gasteiger partial charge is 0.261 e. The van der Waals surface area contributed by atoms with E-state index in [9.17, 15) is 13.6 Å². The zero-order chi connectivity index (χ0) is 20.5. The molecule has 0 unspecified atom stereocenters. The van der Waals surface area contributed by atoms with E-state index in [1.165, 1.54) is 22.1 Å². The number of hydrogen-bond donors (Lipinski definition) is 1. The van der Waals surface area contributed by atoms with Gasteiger partial charge in [0.1, 0.15) is 16.5 Å². The maximum atomic E-state index is 14.2. The lowest BCUT2D eigenvalue weighted by Crippen LogP contribution is -2.14. The molecule has 9 heteroatoms. The molecule has 1 amide bonds. The number of amides is 1. The van der Waals surface area contributed by atoms with Crippen molar-refractivity contribution in [3.05, 3.63) is 77.1 Å². The van der Waals surface area contributed by atoms with Gasteiger partial charge in [-0.25, -0.2) is 13.5 Å². The minimum atomic E-state index is -0.765. The van der Waals surface area contributed by atoms with Crippen LogP contribution in [0.1, 0.15) is 21.7 Å². The molecule has 0 aliphatic carbocycles. The Kier molecular flexibility index (Phi) is 4.89. The van der Waals surface area contributed by atoms with Crippen LogP contribution in [0.2, 0.25) is 0 Å². The minimum Gasteiger partial charge on any atom is -0.296 e. The second-order valence-electron chi connectivity index (χ2n) is 6.29. The van der Waals surface area contributed by atoms with Crippen molar-refractivity contribution in [2.24, 2.45) is 0 Å². The van der Waals surface area contributed by atoms with Gasteiger partial charge in [-0.15, -0.1) is 10.2 Å². The van der Waals surface area contributed by atoms with Crippen molar-refractivity contribution in [1.29, 1.82) is 0 Å². The number of carbonyl (C=O) groups is 1. The predicted molar refractivity (Wildman–Crippen MR) is 106 cm³/mol. The molecule has 0 atom stereocenters. The molecule has 4 aromatic rings. The lowest BCUT2D eigenvalue weighted by Gasteiger charge is -2.06. The lowest BCUT2D eigenvalue weighted by molar-refractivity contribution is 0.102. The molecule has 2 aromatic carbocycles. The molecule has 29 heavy (non-hydrogen) atoms. The van der Waals surface area contributed by atoms with Gasteiger partial charge in [-0.2, -0.15) is 5.10 Å². The van der Waals surface area contributed by atoms with Crippen LogP contribution < -0.4 is 5.32 Å². The molecule has 0 aliphatic heterocycles. The molecule has 2 heterocycles. The summed E-state index contributed by atoms with van der Waals surface area (Å²) in [5.74, 6) is -1.88. The highest BCUT2D eigenvalue weighted by Crippen LogP contribution is 2.27. The van der Waals surface area contributed by atoms with Crippen LogP contribution in [0.3, 0.4) is 0 Å². The fourth-order valence-corrected chi connectivity index (χ4v) is 3.73. The first-order chi connectivity index (χ1) is 13.9. The molecule has 0 spiro atoms. The summed E-state index contributed by atoms with van der Waals surface area (Å²) < 4.78 is 28.6. The van der Waals surface area contributed by atoms with Crippen LogP contribution in [-0.4, -0.2) is 25.9 Å². The fraction of sp³-hybridized carbons (Fsp3) is 0.100. The monoisotopic (exact) mass is 411 g/mol. The van der Waals surface area contributed by atoms with Crippen molar-refractivity contribution in [3.8, 4) is 16.3 Å². The van der Waals surface area contributed by atoms with Crippen LogP contribution in [0.15, 0.2) is 48.5 Å². The van der Waals surface area contributed by atoms with Crippen molar-refractivity contribution < 1.29 is 13.6 Å². The molecule has 0 aliphatic rings. The number of halogens is 2. The predicted octanol–water partition coefficient (Wildman–Crippen LogP) is 4.54. The summed E-state index contributed by atoms with van der Waals surface area (Å²) in [6.45, 7) is 3.29. The van der Waals surface area contributed by atoms with Gasteiger partial charge in [0.25, 0.3) is 5.91 Å². The standard InChI is InChI=1S/C20H15F2N5OS/c1-11-17(12(2)27(26-11)16-9-8-14(21)10-15(16)22)18(28)23-20-25-24-19(29-20)13-6-4-3-5-7-13/h3-10H,1-2H3,(H,23,25,28). The molecule has 0 saturated heterocycles.